The predicted octanol–water partition coefficient (Wildman–Crippen LogP) is 11.9. The highest BCUT2D eigenvalue weighted by molar-refractivity contribution is 6.03. The lowest BCUT2D eigenvalue weighted by Gasteiger charge is -2.38. The number of piperidine rings is 3. The Morgan fingerprint density at radius 3 is 1.31 bits per heavy atom. The number of hydrogen-bond acceptors (Lipinski definition) is 9. The lowest BCUT2D eigenvalue weighted by molar-refractivity contribution is 0.0986. The number of rotatable bonds is 12. The first-order valence-corrected chi connectivity index (χ1v) is 31.9. The van der Waals surface area contributed by atoms with Crippen LogP contribution >= 0.6 is 0 Å². The van der Waals surface area contributed by atoms with Crippen LogP contribution < -0.4 is 14.7 Å². The number of carbonyl (C=O) groups is 2. The highest BCUT2D eigenvalue weighted by Gasteiger charge is 2.36. The molecular weight excluding hydrogens is 1050 g/mol. The normalized spacial score (nSPS) is 20.8. The maximum Gasteiger partial charge on any atom is 0.163 e. The van der Waals surface area contributed by atoms with Crippen LogP contribution in [0.1, 0.15) is 140 Å². The molecule has 1 unspecified atom stereocenters. The Bertz CT molecular complexity index is 3240. The van der Waals surface area contributed by atoms with E-state index in [-0.39, 0.29) is 23.6 Å². The summed E-state index contributed by atoms with van der Waals surface area (Å²) < 4.78 is 39.1. The number of ketones is 2. The van der Waals surface area contributed by atoms with Crippen molar-refractivity contribution in [3.63, 3.8) is 0 Å². The number of halogens is 3. The van der Waals surface area contributed by atoms with Crippen LogP contribution in [0.4, 0.5) is 30.2 Å². The molecule has 6 aliphatic heterocycles. The van der Waals surface area contributed by atoms with Crippen molar-refractivity contribution in [2.75, 3.05) is 93.2 Å². The number of benzene rings is 6. The molecule has 3 fully saturated rings. The summed E-state index contributed by atoms with van der Waals surface area (Å²) in [7, 11) is 0. The van der Waals surface area contributed by atoms with Crippen LogP contribution in [0.25, 0.3) is 0 Å². The van der Waals surface area contributed by atoms with Crippen LogP contribution in [0.2, 0.25) is 0 Å². The number of aliphatic hydroxyl groups excluding tert-OH is 1. The van der Waals surface area contributed by atoms with E-state index in [9.17, 15) is 27.9 Å². The molecule has 6 aromatic carbocycles. The maximum atomic E-state index is 13.0. The van der Waals surface area contributed by atoms with Gasteiger partial charge in [-0.2, -0.15) is 0 Å². The average molecular weight is 1140 g/mol. The van der Waals surface area contributed by atoms with Crippen molar-refractivity contribution in [1.29, 1.82) is 0 Å². The molecule has 0 bridgehead atoms. The van der Waals surface area contributed by atoms with Gasteiger partial charge in [-0.05, 0) is 213 Å². The minimum atomic E-state index is -0.268. The van der Waals surface area contributed by atoms with E-state index >= 15 is 0 Å². The van der Waals surface area contributed by atoms with Crippen LogP contribution in [0.15, 0.2) is 109 Å². The van der Waals surface area contributed by atoms with Gasteiger partial charge in [0.05, 0.1) is 6.10 Å². The number of Topliss-reactive ketones (excluding diaryl/α,β-unsaturated/α-hetero) is 2. The van der Waals surface area contributed by atoms with E-state index in [1.54, 1.807) is 36.4 Å². The summed E-state index contributed by atoms with van der Waals surface area (Å²) >= 11 is 0. The first kappa shape index (κ1) is 56.8. The van der Waals surface area contributed by atoms with Gasteiger partial charge in [-0.1, -0.05) is 54.6 Å². The smallest absolute Gasteiger partial charge is 0.163 e. The first-order chi connectivity index (χ1) is 41.0. The number of anilines is 3. The second-order valence-electron chi connectivity index (χ2n) is 25.5. The van der Waals surface area contributed by atoms with Crippen molar-refractivity contribution >= 4 is 28.6 Å². The molecule has 3 saturated heterocycles. The number of fused-ring (bicyclic) bond motifs is 7. The molecular formula is C72H83F3N6O3. The van der Waals surface area contributed by atoms with Gasteiger partial charge in [-0.3, -0.25) is 9.59 Å². The van der Waals surface area contributed by atoms with Gasteiger partial charge < -0.3 is 34.5 Å². The summed E-state index contributed by atoms with van der Waals surface area (Å²) in [6.45, 7) is 13.1. The summed E-state index contributed by atoms with van der Waals surface area (Å²) in [4.78, 5) is 39.8. The van der Waals surface area contributed by atoms with Crippen molar-refractivity contribution in [1.82, 2.24) is 14.7 Å². The van der Waals surface area contributed by atoms with Gasteiger partial charge in [0.15, 0.2) is 11.6 Å². The molecule has 0 radical (unpaired) electrons. The lowest BCUT2D eigenvalue weighted by atomic mass is 9.99. The van der Waals surface area contributed by atoms with Gasteiger partial charge in [0.1, 0.15) is 17.5 Å². The zero-order valence-corrected chi connectivity index (χ0v) is 49.0. The van der Waals surface area contributed by atoms with Crippen LogP contribution in [0.5, 0.6) is 0 Å². The fourth-order valence-corrected chi connectivity index (χ4v) is 15.7. The second kappa shape index (κ2) is 25.3. The van der Waals surface area contributed by atoms with E-state index in [0.29, 0.717) is 42.5 Å². The molecule has 0 saturated carbocycles. The monoisotopic (exact) mass is 1140 g/mol. The largest absolute Gasteiger partial charge is 0.388 e. The molecule has 1 N–H and O–H groups in total. The molecule has 3 aliphatic carbocycles. The Balaban J connectivity index is 0.000000118. The molecule has 12 heteroatoms. The molecule has 0 spiro atoms. The number of nitrogens with zero attached hydrogens (tertiary/aromatic N) is 6. The molecule has 1 atom stereocenters. The standard InChI is InChI=1S/C24H27FN2O.C24H29FN2O.C24H27FN2O/c25-19-5-1-17(2-6-19)9-13-26-14-10-20(11-15-26)27-16-12-21-22(27)7-3-18-4-8-23(28)24(18)21;2*25-20-4-1-17(2-5-20)7-11-26-12-9-21(10-13-26)27-14-8-19-15-18-3-6-24(28)22(18)16-23(19)27/h1-3,5-7,20H,4,8-16H2;1-2,4-5,15-16,21,24,28H,3,6-14H2;1-2,4-5,15-16,21H,3,6-14H2. The Morgan fingerprint density at radius 2 is 0.810 bits per heavy atom. The number of likely N-dealkylation sites (tertiary alicyclic amines) is 3. The topological polar surface area (TPSA) is 73.8 Å². The molecule has 9 aliphatic rings. The summed E-state index contributed by atoms with van der Waals surface area (Å²) in [5.41, 5.74) is 19.0. The predicted molar refractivity (Wildman–Crippen MR) is 330 cm³/mol. The van der Waals surface area contributed by atoms with E-state index < -0.39 is 0 Å². The Morgan fingerprint density at radius 1 is 0.381 bits per heavy atom. The molecule has 440 valence electrons. The first-order valence-electron chi connectivity index (χ1n) is 31.9. The minimum Gasteiger partial charge on any atom is -0.388 e. The van der Waals surface area contributed by atoms with Gasteiger partial charge in [0, 0.05) is 138 Å². The van der Waals surface area contributed by atoms with E-state index in [1.807, 2.05) is 36.4 Å². The SMILES string of the molecule is O=C1CCc2cc3c(cc21)N(C1CCN(CCc2ccc(F)cc2)CC1)CC3.O=C1CCc2ccc3c(c21)CCN3C1CCN(CCc2ccc(F)cc2)CC1.OC1CCc2cc3c(cc21)N(C1CCN(CCc2ccc(F)cc2)CC1)CC3. The zero-order valence-electron chi connectivity index (χ0n) is 49.0. The summed E-state index contributed by atoms with van der Waals surface area (Å²) in [6.07, 6.45) is 18.2. The van der Waals surface area contributed by atoms with Gasteiger partial charge in [-0.25, -0.2) is 13.2 Å². The van der Waals surface area contributed by atoms with Gasteiger partial charge in [-0.15, -0.1) is 0 Å². The number of aryl methyl sites for hydroxylation is 3. The van der Waals surface area contributed by atoms with Crippen LogP contribution in [-0.2, 0) is 57.8 Å². The van der Waals surface area contributed by atoms with E-state index in [0.717, 1.165) is 154 Å². The van der Waals surface area contributed by atoms with Crippen molar-refractivity contribution in [2.24, 2.45) is 0 Å². The fraction of sp³-hybridized carbons (Fsp3) is 0.472. The summed E-state index contributed by atoms with van der Waals surface area (Å²) in [6, 6.07) is 36.0. The summed E-state index contributed by atoms with van der Waals surface area (Å²) in [5.74, 6) is 0.184. The molecule has 15 rings (SSSR count). The maximum absolute atomic E-state index is 13.0. The van der Waals surface area contributed by atoms with Crippen molar-refractivity contribution in [3.8, 4) is 0 Å². The number of hydrogen-bond donors (Lipinski definition) is 1. The van der Waals surface area contributed by atoms with Crippen molar-refractivity contribution in [2.45, 2.75) is 140 Å². The third kappa shape index (κ3) is 12.5. The van der Waals surface area contributed by atoms with Crippen molar-refractivity contribution in [3.05, 3.63) is 193 Å². The number of carbonyl (C=O) groups excluding carboxylic acids is 2. The van der Waals surface area contributed by atoms with Gasteiger partial charge in [0.2, 0.25) is 0 Å². The lowest BCUT2D eigenvalue weighted by Crippen LogP contribution is -2.45. The third-order valence-corrected chi connectivity index (χ3v) is 20.5. The zero-order chi connectivity index (χ0) is 57.3. The van der Waals surface area contributed by atoms with E-state index in [4.69, 9.17) is 0 Å². The van der Waals surface area contributed by atoms with Gasteiger partial charge >= 0.3 is 0 Å². The minimum absolute atomic E-state index is 0.159. The average Bonchev–Trinajstić information content (AvgIpc) is 4.44. The van der Waals surface area contributed by atoms with Gasteiger partial charge in [0.25, 0.3) is 0 Å². The quantitative estimate of drug-likeness (QED) is 0.129. The molecule has 9 nitrogen and oxygen atoms in total. The van der Waals surface area contributed by atoms with E-state index in [2.05, 4.69) is 65.8 Å². The summed E-state index contributed by atoms with van der Waals surface area (Å²) in [5, 5.41) is 10.3. The van der Waals surface area contributed by atoms with Crippen LogP contribution in [0.3, 0.4) is 0 Å². The molecule has 6 aromatic rings. The molecule has 6 heterocycles. The Hall–Kier alpha value is -6.31. The highest BCUT2D eigenvalue weighted by Crippen LogP contribution is 2.42. The third-order valence-electron chi connectivity index (χ3n) is 20.5. The molecule has 0 aromatic heterocycles. The Labute approximate surface area is 495 Å². The van der Waals surface area contributed by atoms with Crippen molar-refractivity contribution < 1.29 is 27.9 Å². The highest BCUT2D eigenvalue weighted by atomic mass is 19.1. The number of aliphatic hydroxyl groups is 1. The second-order valence-corrected chi connectivity index (χ2v) is 25.5. The fourth-order valence-electron chi connectivity index (χ4n) is 15.7. The Kier molecular flexibility index (Phi) is 17.1. The van der Waals surface area contributed by atoms with E-state index in [1.165, 1.54) is 111 Å². The molecule has 84 heavy (non-hydrogen) atoms. The van der Waals surface area contributed by atoms with Crippen LogP contribution in [0, 0.1) is 17.5 Å². The molecule has 0 amide bonds. The van der Waals surface area contributed by atoms with Crippen LogP contribution in [-0.4, -0.2) is 128 Å².